The lowest BCUT2D eigenvalue weighted by Crippen LogP contribution is -2.37. The average molecular weight is 246 g/mol. The molecule has 5 heteroatoms. The van der Waals surface area contributed by atoms with Crippen LogP contribution >= 0.6 is 0 Å². The van der Waals surface area contributed by atoms with Crippen LogP contribution in [0.15, 0.2) is 10.5 Å². The lowest BCUT2D eigenvalue weighted by atomic mass is 9.70. The van der Waals surface area contributed by atoms with Gasteiger partial charge in [-0.3, -0.25) is 4.55 Å². The van der Waals surface area contributed by atoms with E-state index in [2.05, 4.69) is 0 Å². The zero-order valence-corrected chi connectivity index (χ0v) is 10.2. The Morgan fingerprint density at radius 3 is 2.50 bits per heavy atom. The number of aliphatic hydroxyl groups excluding tert-OH is 1. The maximum atomic E-state index is 11.2. The van der Waals surface area contributed by atoms with Crippen molar-refractivity contribution in [3.05, 3.63) is 10.5 Å². The van der Waals surface area contributed by atoms with E-state index in [-0.39, 0.29) is 16.7 Å². The fourth-order valence-corrected chi connectivity index (χ4v) is 4.05. The molecule has 2 rings (SSSR count). The van der Waals surface area contributed by atoms with E-state index in [1.54, 1.807) is 6.92 Å². The zero-order valence-electron chi connectivity index (χ0n) is 9.39. The molecule has 3 atom stereocenters. The maximum absolute atomic E-state index is 11.2. The zero-order chi connectivity index (χ0) is 11.9. The molecule has 0 heterocycles. The molecule has 2 N–H and O–H groups in total. The van der Waals surface area contributed by atoms with Crippen LogP contribution in [0.5, 0.6) is 0 Å². The molecule has 0 radical (unpaired) electrons. The summed E-state index contributed by atoms with van der Waals surface area (Å²) in [6.07, 6.45) is 3.80. The summed E-state index contributed by atoms with van der Waals surface area (Å²) in [5, 5.41) is 10.1. The van der Waals surface area contributed by atoms with Gasteiger partial charge in [0.15, 0.2) is 0 Å². The second-order valence-corrected chi connectivity index (χ2v) is 6.38. The Labute approximate surface area is 96.1 Å². The van der Waals surface area contributed by atoms with Gasteiger partial charge in [-0.05, 0) is 43.6 Å². The molecule has 16 heavy (non-hydrogen) atoms. The van der Waals surface area contributed by atoms with Crippen molar-refractivity contribution in [1.29, 1.82) is 0 Å². The minimum absolute atomic E-state index is 0.0446. The molecular weight excluding hydrogens is 228 g/mol. The Bertz CT molecular complexity index is 410. The van der Waals surface area contributed by atoms with E-state index < -0.39 is 16.2 Å². The number of allylic oxidation sites excluding steroid dienone is 1. The highest BCUT2D eigenvalue weighted by atomic mass is 32.2. The highest BCUT2D eigenvalue weighted by Crippen LogP contribution is 2.43. The number of aliphatic hydroxyl groups is 1. The van der Waals surface area contributed by atoms with Gasteiger partial charge in [0.1, 0.15) is 0 Å². The Morgan fingerprint density at radius 1 is 1.25 bits per heavy atom. The summed E-state index contributed by atoms with van der Waals surface area (Å²) >= 11 is 0. The normalized spacial score (nSPS) is 36.1. The van der Waals surface area contributed by atoms with Crippen LogP contribution in [0.4, 0.5) is 0 Å². The van der Waals surface area contributed by atoms with Crippen LogP contribution in [-0.2, 0) is 10.1 Å². The number of hydrogen-bond acceptors (Lipinski definition) is 3. The van der Waals surface area contributed by atoms with Gasteiger partial charge in [0.2, 0.25) is 0 Å². The van der Waals surface area contributed by atoms with Crippen molar-refractivity contribution in [3.63, 3.8) is 0 Å². The summed E-state index contributed by atoms with van der Waals surface area (Å²) in [6, 6.07) is 0. The molecule has 0 aromatic carbocycles. The first-order chi connectivity index (χ1) is 7.41. The molecule has 92 valence electrons. The molecule has 1 fully saturated rings. The van der Waals surface area contributed by atoms with Crippen molar-refractivity contribution in [2.45, 2.75) is 45.1 Å². The molecule has 2 aliphatic rings. The summed E-state index contributed by atoms with van der Waals surface area (Å²) in [6.45, 7) is 1.61. The smallest absolute Gasteiger partial charge is 0.290 e. The minimum atomic E-state index is -4.14. The molecule has 0 aromatic rings. The van der Waals surface area contributed by atoms with Crippen molar-refractivity contribution in [2.24, 2.45) is 11.8 Å². The van der Waals surface area contributed by atoms with Crippen LogP contribution < -0.4 is 0 Å². The van der Waals surface area contributed by atoms with E-state index in [0.29, 0.717) is 12.0 Å². The molecular formula is C11H18O4S. The quantitative estimate of drug-likeness (QED) is 0.691. The minimum Gasteiger partial charge on any atom is -0.388 e. The van der Waals surface area contributed by atoms with E-state index in [1.165, 1.54) is 0 Å². The van der Waals surface area contributed by atoms with E-state index in [1.807, 2.05) is 0 Å². The van der Waals surface area contributed by atoms with E-state index in [9.17, 15) is 13.5 Å². The van der Waals surface area contributed by atoms with Crippen molar-refractivity contribution >= 4 is 10.1 Å². The highest BCUT2D eigenvalue weighted by Gasteiger charge is 2.39. The second-order valence-electron chi connectivity index (χ2n) is 4.94. The summed E-state index contributed by atoms with van der Waals surface area (Å²) < 4.78 is 31.5. The summed E-state index contributed by atoms with van der Waals surface area (Å²) in [4.78, 5) is 0.0446. The lowest BCUT2D eigenvalue weighted by Gasteiger charge is -2.39. The summed E-state index contributed by atoms with van der Waals surface area (Å²) in [5.41, 5.74) is 0.436. The topological polar surface area (TPSA) is 74.6 Å². The van der Waals surface area contributed by atoms with Gasteiger partial charge in [-0.15, -0.1) is 0 Å². The number of fused-ring (bicyclic) bond motifs is 1. The maximum Gasteiger partial charge on any atom is 0.290 e. The Hall–Kier alpha value is -0.390. The molecule has 3 unspecified atom stereocenters. The monoisotopic (exact) mass is 246 g/mol. The molecule has 2 aliphatic carbocycles. The van der Waals surface area contributed by atoms with Gasteiger partial charge >= 0.3 is 0 Å². The van der Waals surface area contributed by atoms with Gasteiger partial charge in [-0.1, -0.05) is 12.8 Å². The second kappa shape index (κ2) is 4.13. The van der Waals surface area contributed by atoms with Crippen LogP contribution in [0.1, 0.15) is 39.0 Å². The Balaban J connectivity index is 2.37. The number of hydrogen-bond donors (Lipinski definition) is 2. The van der Waals surface area contributed by atoms with Gasteiger partial charge in [0.25, 0.3) is 10.1 Å². The molecule has 0 spiro atoms. The fraction of sp³-hybridized carbons (Fsp3) is 0.818. The van der Waals surface area contributed by atoms with E-state index in [4.69, 9.17) is 4.55 Å². The van der Waals surface area contributed by atoms with Gasteiger partial charge < -0.3 is 5.11 Å². The molecule has 4 nitrogen and oxygen atoms in total. The van der Waals surface area contributed by atoms with Crippen molar-refractivity contribution in [1.82, 2.24) is 0 Å². The van der Waals surface area contributed by atoms with Gasteiger partial charge in [-0.2, -0.15) is 8.42 Å². The Kier molecular flexibility index (Phi) is 3.11. The molecule has 0 saturated heterocycles. The first kappa shape index (κ1) is 12.1. The van der Waals surface area contributed by atoms with Crippen LogP contribution in [0, 0.1) is 11.8 Å². The predicted molar refractivity (Wildman–Crippen MR) is 60.3 cm³/mol. The third kappa shape index (κ3) is 2.04. The SMILES string of the molecule is CC1=C(S(=O)(=O)O)CC2CCCCC2C1O. The third-order valence-corrected chi connectivity index (χ3v) is 5.13. The van der Waals surface area contributed by atoms with Gasteiger partial charge in [0, 0.05) is 0 Å². The number of rotatable bonds is 1. The molecule has 0 amide bonds. The van der Waals surface area contributed by atoms with Crippen molar-refractivity contribution in [3.8, 4) is 0 Å². The summed E-state index contributed by atoms with van der Waals surface area (Å²) in [5.74, 6) is 0.392. The van der Waals surface area contributed by atoms with Gasteiger partial charge in [0.05, 0.1) is 11.0 Å². The van der Waals surface area contributed by atoms with Crippen LogP contribution in [0.2, 0.25) is 0 Å². The lowest BCUT2D eigenvalue weighted by molar-refractivity contribution is 0.0628. The Morgan fingerprint density at radius 2 is 1.88 bits per heavy atom. The molecule has 1 saturated carbocycles. The first-order valence-corrected chi connectivity index (χ1v) is 7.20. The summed E-state index contributed by atoms with van der Waals surface area (Å²) in [7, 11) is -4.14. The van der Waals surface area contributed by atoms with Crippen molar-refractivity contribution < 1.29 is 18.1 Å². The standard InChI is InChI=1S/C11H18O4S/c1-7-10(16(13,14)15)6-8-4-2-3-5-9(8)11(7)12/h8-9,11-12H,2-6H2,1H3,(H,13,14,15). The largest absolute Gasteiger partial charge is 0.388 e. The fourth-order valence-electron chi connectivity index (χ4n) is 3.10. The molecule has 0 aromatic heterocycles. The van der Waals surface area contributed by atoms with Crippen LogP contribution in [-0.4, -0.2) is 24.2 Å². The van der Waals surface area contributed by atoms with Crippen molar-refractivity contribution in [2.75, 3.05) is 0 Å². The van der Waals surface area contributed by atoms with Crippen LogP contribution in [0.25, 0.3) is 0 Å². The van der Waals surface area contributed by atoms with E-state index >= 15 is 0 Å². The predicted octanol–water partition coefficient (Wildman–Crippen LogP) is 1.72. The third-order valence-electron chi connectivity index (χ3n) is 4.02. The first-order valence-electron chi connectivity index (χ1n) is 5.76. The van der Waals surface area contributed by atoms with E-state index in [0.717, 1.165) is 25.7 Å². The average Bonchev–Trinajstić information content (AvgIpc) is 2.22. The molecule has 0 bridgehead atoms. The molecule has 0 aliphatic heterocycles. The van der Waals surface area contributed by atoms with Crippen LogP contribution in [0.3, 0.4) is 0 Å². The highest BCUT2D eigenvalue weighted by molar-refractivity contribution is 7.89. The van der Waals surface area contributed by atoms with Gasteiger partial charge in [-0.25, -0.2) is 0 Å².